The van der Waals surface area contributed by atoms with Gasteiger partial charge in [-0.1, -0.05) is 38.3 Å². The highest BCUT2D eigenvalue weighted by atomic mass is 19.1. The normalized spacial score (nSPS) is 17.8. The summed E-state index contributed by atoms with van der Waals surface area (Å²) < 4.78 is 13.3. The van der Waals surface area contributed by atoms with E-state index in [0.29, 0.717) is 6.04 Å². The van der Waals surface area contributed by atoms with Crippen LogP contribution in [0.15, 0.2) is 24.3 Å². The molecule has 0 aromatic heterocycles. The molecule has 0 aliphatic heterocycles. The molecule has 17 heavy (non-hydrogen) atoms. The lowest BCUT2D eigenvalue weighted by molar-refractivity contribution is 0.261. The molecule has 0 radical (unpaired) electrons. The molecule has 1 saturated carbocycles. The van der Waals surface area contributed by atoms with E-state index in [1.54, 1.807) is 6.07 Å². The zero-order chi connectivity index (χ0) is 12.1. The van der Waals surface area contributed by atoms with Crippen LogP contribution in [0.3, 0.4) is 0 Å². The third-order valence-electron chi connectivity index (χ3n) is 3.69. The van der Waals surface area contributed by atoms with E-state index in [1.807, 2.05) is 12.1 Å². The second-order valence-electron chi connectivity index (χ2n) is 5.09. The highest BCUT2D eigenvalue weighted by Gasteiger charge is 2.22. The van der Waals surface area contributed by atoms with E-state index in [2.05, 4.69) is 12.2 Å². The van der Waals surface area contributed by atoms with Crippen LogP contribution in [0.4, 0.5) is 4.39 Å². The van der Waals surface area contributed by atoms with E-state index in [4.69, 9.17) is 0 Å². The second-order valence-corrected chi connectivity index (χ2v) is 5.09. The number of hydrogen-bond donors (Lipinski definition) is 1. The number of benzene rings is 1. The molecule has 2 rings (SSSR count). The Labute approximate surface area is 103 Å². The monoisotopic (exact) mass is 235 g/mol. The van der Waals surface area contributed by atoms with Crippen molar-refractivity contribution in [3.8, 4) is 0 Å². The summed E-state index contributed by atoms with van der Waals surface area (Å²) in [5.41, 5.74) is 1.10. The molecule has 0 saturated heterocycles. The average Bonchev–Trinajstić information content (AvgIpc) is 2.27. The lowest BCUT2D eigenvalue weighted by Crippen LogP contribution is -2.26. The van der Waals surface area contributed by atoms with Crippen molar-refractivity contribution in [2.45, 2.75) is 45.1 Å². The Balaban J connectivity index is 2.02. The maximum Gasteiger partial charge on any atom is 0.123 e. The first-order valence-electron chi connectivity index (χ1n) is 6.78. The zero-order valence-corrected chi connectivity index (χ0v) is 10.6. The van der Waals surface area contributed by atoms with Crippen molar-refractivity contribution in [2.24, 2.45) is 5.92 Å². The summed E-state index contributed by atoms with van der Waals surface area (Å²) in [4.78, 5) is 0. The van der Waals surface area contributed by atoms with Gasteiger partial charge in [-0.3, -0.25) is 0 Å². The predicted molar refractivity (Wildman–Crippen MR) is 69.4 cm³/mol. The van der Waals surface area contributed by atoms with Crippen molar-refractivity contribution in [3.63, 3.8) is 0 Å². The molecule has 1 nitrogen and oxygen atoms in total. The summed E-state index contributed by atoms with van der Waals surface area (Å²) in [5, 5.41) is 3.55. The molecule has 0 amide bonds. The van der Waals surface area contributed by atoms with E-state index in [9.17, 15) is 4.39 Å². The van der Waals surface area contributed by atoms with Gasteiger partial charge in [-0.05, 0) is 43.0 Å². The van der Waals surface area contributed by atoms with Crippen molar-refractivity contribution in [1.29, 1.82) is 0 Å². The van der Waals surface area contributed by atoms with Crippen molar-refractivity contribution in [1.82, 2.24) is 5.32 Å². The minimum atomic E-state index is -0.126. The minimum Gasteiger partial charge on any atom is -0.310 e. The van der Waals surface area contributed by atoms with Gasteiger partial charge in [0.25, 0.3) is 0 Å². The topological polar surface area (TPSA) is 12.0 Å². The summed E-state index contributed by atoms with van der Waals surface area (Å²) >= 11 is 0. The maximum absolute atomic E-state index is 13.3. The smallest absolute Gasteiger partial charge is 0.123 e. The summed E-state index contributed by atoms with van der Waals surface area (Å²) in [6.45, 7) is 3.17. The number of rotatable bonds is 6. The maximum atomic E-state index is 13.3. The molecule has 1 aliphatic carbocycles. The van der Waals surface area contributed by atoms with Crippen LogP contribution in [0.25, 0.3) is 0 Å². The fourth-order valence-corrected chi connectivity index (χ4v) is 2.44. The van der Waals surface area contributed by atoms with Gasteiger partial charge in [-0.25, -0.2) is 4.39 Å². The zero-order valence-electron chi connectivity index (χ0n) is 10.6. The second kappa shape index (κ2) is 6.15. The molecule has 1 unspecified atom stereocenters. The molecule has 0 bridgehead atoms. The SMILES string of the molecule is CCCNC(CC1CCC1)c1cccc(F)c1. The summed E-state index contributed by atoms with van der Waals surface area (Å²) in [6.07, 6.45) is 6.34. The van der Waals surface area contributed by atoms with Crippen molar-refractivity contribution >= 4 is 0 Å². The summed E-state index contributed by atoms with van der Waals surface area (Å²) in [7, 11) is 0. The highest BCUT2D eigenvalue weighted by molar-refractivity contribution is 5.20. The van der Waals surface area contributed by atoms with E-state index in [0.717, 1.165) is 30.9 Å². The van der Waals surface area contributed by atoms with Gasteiger partial charge < -0.3 is 5.32 Å². The number of halogens is 1. The molecule has 1 aromatic rings. The van der Waals surface area contributed by atoms with Gasteiger partial charge in [0.05, 0.1) is 0 Å². The quantitative estimate of drug-likeness (QED) is 0.784. The predicted octanol–water partition coefficient (Wildman–Crippen LogP) is 4.06. The van der Waals surface area contributed by atoms with E-state index < -0.39 is 0 Å². The molecule has 1 atom stereocenters. The molecular weight excluding hydrogens is 213 g/mol. The third-order valence-corrected chi connectivity index (χ3v) is 3.69. The lowest BCUT2D eigenvalue weighted by atomic mass is 9.79. The Morgan fingerprint density at radius 2 is 2.24 bits per heavy atom. The standard InChI is InChI=1S/C15H22FN/c1-2-9-17-15(10-12-5-3-6-12)13-7-4-8-14(16)11-13/h4,7-8,11-12,15,17H,2-3,5-6,9-10H2,1H3. The molecule has 94 valence electrons. The summed E-state index contributed by atoms with van der Waals surface area (Å²) in [6, 6.07) is 7.37. The van der Waals surface area contributed by atoms with Crippen LogP contribution in [-0.2, 0) is 0 Å². The van der Waals surface area contributed by atoms with Crippen LogP contribution < -0.4 is 5.32 Å². The van der Waals surface area contributed by atoms with Crippen LogP contribution in [0.5, 0.6) is 0 Å². The largest absolute Gasteiger partial charge is 0.310 e. The Kier molecular flexibility index (Phi) is 4.55. The molecule has 2 heteroatoms. The molecule has 0 heterocycles. The minimum absolute atomic E-state index is 0.126. The average molecular weight is 235 g/mol. The Morgan fingerprint density at radius 1 is 1.41 bits per heavy atom. The van der Waals surface area contributed by atoms with Gasteiger partial charge >= 0.3 is 0 Å². The van der Waals surface area contributed by atoms with E-state index >= 15 is 0 Å². The van der Waals surface area contributed by atoms with Gasteiger partial charge in [-0.2, -0.15) is 0 Å². The molecule has 1 fully saturated rings. The van der Waals surface area contributed by atoms with Crippen LogP contribution in [0, 0.1) is 11.7 Å². The summed E-state index contributed by atoms with van der Waals surface area (Å²) in [5.74, 6) is 0.715. The Bertz CT molecular complexity index is 347. The van der Waals surface area contributed by atoms with Crippen LogP contribution in [0.2, 0.25) is 0 Å². The first-order chi connectivity index (χ1) is 8.29. The number of nitrogens with one attached hydrogen (secondary N) is 1. The molecule has 0 spiro atoms. The first kappa shape index (κ1) is 12.6. The van der Waals surface area contributed by atoms with Crippen molar-refractivity contribution in [3.05, 3.63) is 35.6 Å². The molecule has 1 aliphatic rings. The number of hydrogen-bond acceptors (Lipinski definition) is 1. The fourth-order valence-electron chi connectivity index (χ4n) is 2.44. The third kappa shape index (κ3) is 3.53. The molecule has 1 N–H and O–H groups in total. The Morgan fingerprint density at radius 3 is 2.82 bits per heavy atom. The molecule has 1 aromatic carbocycles. The van der Waals surface area contributed by atoms with Crippen LogP contribution >= 0.6 is 0 Å². The van der Waals surface area contributed by atoms with Gasteiger partial charge in [0, 0.05) is 6.04 Å². The lowest BCUT2D eigenvalue weighted by Gasteiger charge is -2.30. The van der Waals surface area contributed by atoms with Gasteiger partial charge in [-0.15, -0.1) is 0 Å². The van der Waals surface area contributed by atoms with Crippen LogP contribution in [0.1, 0.15) is 50.6 Å². The highest BCUT2D eigenvalue weighted by Crippen LogP contribution is 2.34. The van der Waals surface area contributed by atoms with Gasteiger partial charge in [0.2, 0.25) is 0 Å². The fraction of sp³-hybridized carbons (Fsp3) is 0.600. The Hall–Kier alpha value is -0.890. The van der Waals surface area contributed by atoms with Gasteiger partial charge in [0.1, 0.15) is 5.82 Å². The van der Waals surface area contributed by atoms with Crippen LogP contribution in [-0.4, -0.2) is 6.54 Å². The van der Waals surface area contributed by atoms with E-state index in [-0.39, 0.29) is 5.82 Å². The van der Waals surface area contributed by atoms with Crippen molar-refractivity contribution < 1.29 is 4.39 Å². The van der Waals surface area contributed by atoms with Crippen molar-refractivity contribution in [2.75, 3.05) is 6.54 Å². The first-order valence-corrected chi connectivity index (χ1v) is 6.78. The van der Waals surface area contributed by atoms with Gasteiger partial charge in [0.15, 0.2) is 0 Å². The molecular formula is C15H22FN. The van der Waals surface area contributed by atoms with E-state index in [1.165, 1.54) is 25.3 Å².